The fourth-order valence-corrected chi connectivity index (χ4v) is 2.98. The lowest BCUT2D eigenvalue weighted by molar-refractivity contribution is -0.385. The van der Waals surface area contributed by atoms with Gasteiger partial charge in [0.25, 0.3) is 5.91 Å². The molecule has 0 aromatic heterocycles. The van der Waals surface area contributed by atoms with Crippen LogP contribution < -0.4 is 14.8 Å². The summed E-state index contributed by atoms with van der Waals surface area (Å²) in [6.07, 6.45) is 0. The minimum Gasteiger partial charge on any atom is -0.493 e. The van der Waals surface area contributed by atoms with Gasteiger partial charge in [-0.15, -0.1) is 0 Å². The van der Waals surface area contributed by atoms with E-state index < -0.39 is 29.2 Å². The van der Waals surface area contributed by atoms with Crippen LogP contribution in [0.25, 0.3) is 0 Å². The lowest BCUT2D eigenvalue weighted by atomic mass is 10.2. The second kappa shape index (κ2) is 11.1. The SMILES string of the molecule is COc1cc(C(=O)OCC(=O)NCc2ccccc2F)ccc1Oc1ccc(Cl)cc1[N+](=O)[O-]. The quantitative estimate of drug-likeness (QED) is 0.264. The number of nitrogens with zero attached hydrogens (tertiary/aromatic N) is 1. The van der Waals surface area contributed by atoms with Gasteiger partial charge < -0.3 is 19.5 Å². The van der Waals surface area contributed by atoms with Crippen LogP contribution in [0.5, 0.6) is 17.2 Å². The van der Waals surface area contributed by atoms with Crippen molar-refractivity contribution in [3.63, 3.8) is 0 Å². The van der Waals surface area contributed by atoms with Crippen molar-refractivity contribution in [1.82, 2.24) is 5.32 Å². The molecule has 3 aromatic rings. The summed E-state index contributed by atoms with van der Waals surface area (Å²) in [5.74, 6) is -1.76. The molecular formula is C23H18ClFN2O7. The monoisotopic (exact) mass is 488 g/mol. The molecule has 1 amide bonds. The summed E-state index contributed by atoms with van der Waals surface area (Å²) < 4.78 is 29.4. The van der Waals surface area contributed by atoms with Gasteiger partial charge >= 0.3 is 11.7 Å². The molecule has 0 saturated carbocycles. The van der Waals surface area contributed by atoms with E-state index in [-0.39, 0.29) is 40.1 Å². The zero-order valence-corrected chi connectivity index (χ0v) is 18.5. The van der Waals surface area contributed by atoms with Gasteiger partial charge in [-0.3, -0.25) is 14.9 Å². The number of rotatable bonds is 9. The van der Waals surface area contributed by atoms with Gasteiger partial charge in [-0.25, -0.2) is 9.18 Å². The highest BCUT2D eigenvalue weighted by molar-refractivity contribution is 6.30. The third-order valence-corrected chi connectivity index (χ3v) is 4.74. The van der Waals surface area contributed by atoms with E-state index in [1.807, 2.05) is 0 Å². The number of esters is 1. The summed E-state index contributed by atoms with van der Waals surface area (Å²) in [7, 11) is 1.32. The molecule has 0 aliphatic heterocycles. The Morgan fingerprint density at radius 1 is 1.06 bits per heavy atom. The highest BCUT2D eigenvalue weighted by atomic mass is 35.5. The fourth-order valence-electron chi connectivity index (χ4n) is 2.82. The number of halogens is 2. The van der Waals surface area contributed by atoms with Gasteiger partial charge in [0.15, 0.2) is 18.1 Å². The standard InChI is InChI=1S/C23H18ClFN2O7/c1-32-21-10-14(6-8-20(21)34-19-9-7-16(24)11-18(19)27(30)31)23(29)33-13-22(28)26-12-15-4-2-3-5-17(15)25/h2-11H,12-13H2,1H3,(H,26,28). The predicted octanol–water partition coefficient (Wildman–Crippen LogP) is 4.66. The number of amides is 1. The second-order valence-corrected chi connectivity index (χ2v) is 7.22. The highest BCUT2D eigenvalue weighted by Gasteiger charge is 2.20. The van der Waals surface area contributed by atoms with Crippen LogP contribution in [0.4, 0.5) is 10.1 Å². The van der Waals surface area contributed by atoms with E-state index in [1.54, 1.807) is 6.07 Å². The normalized spacial score (nSPS) is 10.3. The number of methoxy groups -OCH3 is 1. The lowest BCUT2D eigenvalue weighted by Crippen LogP contribution is -2.28. The van der Waals surface area contributed by atoms with E-state index >= 15 is 0 Å². The average Bonchev–Trinajstić information content (AvgIpc) is 2.83. The summed E-state index contributed by atoms with van der Waals surface area (Å²) in [5.41, 5.74) is -0.000397. The zero-order valence-electron chi connectivity index (χ0n) is 17.7. The Morgan fingerprint density at radius 2 is 1.79 bits per heavy atom. The van der Waals surface area contributed by atoms with E-state index in [4.69, 9.17) is 25.8 Å². The first-order chi connectivity index (χ1) is 16.3. The maximum absolute atomic E-state index is 13.6. The van der Waals surface area contributed by atoms with E-state index in [2.05, 4.69) is 5.32 Å². The van der Waals surface area contributed by atoms with Gasteiger partial charge in [0.2, 0.25) is 5.75 Å². The largest absolute Gasteiger partial charge is 0.493 e. The summed E-state index contributed by atoms with van der Waals surface area (Å²) in [5, 5.41) is 13.9. The fraction of sp³-hybridized carbons (Fsp3) is 0.130. The number of nitro benzene ring substituents is 1. The van der Waals surface area contributed by atoms with Crippen LogP contribution in [0.1, 0.15) is 15.9 Å². The van der Waals surface area contributed by atoms with Crippen LogP contribution in [-0.4, -0.2) is 30.5 Å². The number of nitrogens with one attached hydrogen (secondary N) is 1. The number of carbonyl (C=O) groups excluding carboxylic acids is 2. The summed E-state index contributed by atoms with van der Waals surface area (Å²) in [6.45, 7) is -0.634. The molecule has 0 fully saturated rings. The van der Waals surface area contributed by atoms with Crippen molar-refractivity contribution in [1.29, 1.82) is 0 Å². The summed E-state index contributed by atoms with van der Waals surface area (Å²) in [4.78, 5) is 34.9. The van der Waals surface area contributed by atoms with E-state index in [0.29, 0.717) is 5.56 Å². The van der Waals surface area contributed by atoms with Crippen LogP contribution in [-0.2, 0) is 16.1 Å². The molecule has 176 valence electrons. The molecule has 0 saturated heterocycles. The van der Waals surface area contributed by atoms with Crippen molar-refractivity contribution in [2.75, 3.05) is 13.7 Å². The number of ether oxygens (including phenoxy) is 3. The van der Waals surface area contributed by atoms with E-state index in [0.717, 1.165) is 6.07 Å². The number of hydrogen-bond donors (Lipinski definition) is 1. The molecule has 0 atom stereocenters. The summed E-state index contributed by atoms with van der Waals surface area (Å²) in [6, 6.07) is 13.9. The van der Waals surface area contributed by atoms with E-state index in [1.165, 1.54) is 55.6 Å². The van der Waals surface area contributed by atoms with Crippen LogP contribution in [0, 0.1) is 15.9 Å². The van der Waals surface area contributed by atoms with Gasteiger partial charge in [0.05, 0.1) is 17.6 Å². The molecule has 0 bridgehead atoms. The Morgan fingerprint density at radius 3 is 2.50 bits per heavy atom. The number of hydrogen-bond acceptors (Lipinski definition) is 7. The predicted molar refractivity (Wildman–Crippen MR) is 120 cm³/mol. The van der Waals surface area contributed by atoms with Crippen molar-refractivity contribution < 1.29 is 33.1 Å². The minimum atomic E-state index is -0.816. The van der Waals surface area contributed by atoms with Crippen molar-refractivity contribution in [3.8, 4) is 17.2 Å². The number of carbonyl (C=O) groups is 2. The number of benzene rings is 3. The topological polar surface area (TPSA) is 117 Å². The first-order valence-corrected chi connectivity index (χ1v) is 10.1. The van der Waals surface area contributed by atoms with Gasteiger partial charge in [-0.05, 0) is 36.4 Å². The Balaban J connectivity index is 1.63. The van der Waals surface area contributed by atoms with Crippen LogP contribution in [0.3, 0.4) is 0 Å². The first kappa shape index (κ1) is 24.5. The first-order valence-electron chi connectivity index (χ1n) is 9.75. The van der Waals surface area contributed by atoms with Crippen molar-refractivity contribution in [3.05, 3.63) is 92.7 Å². The highest BCUT2D eigenvalue weighted by Crippen LogP contribution is 2.38. The minimum absolute atomic E-state index is 0.0525. The molecule has 0 spiro atoms. The molecule has 0 unspecified atom stereocenters. The van der Waals surface area contributed by atoms with Crippen LogP contribution in [0.15, 0.2) is 60.7 Å². The Labute approximate surface area is 198 Å². The van der Waals surface area contributed by atoms with Gasteiger partial charge in [-0.2, -0.15) is 0 Å². The van der Waals surface area contributed by atoms with Gasteiger partial charge in [0.1, 0.15) is 5.82 Å². The molecule has 3 aromatic carbocycles. The van der Waals surface area contributed by atoms with Crippen LogP contribution in [0.2, 0.25) is 5.02 Å². The van der Waals surface area contributed by atoms with Gasteiger partial charge in [-0.1, -0.05) is 29.8 Å². The summed E-state index contributed by atoms with van der Waals surface area (Å²) >= 11 is 5.81. The third kappa shape index (κ3) is 6.20. The molecule has 1 N–H and O–H groups in total. The molecule has 11 heteroatoms. The maximum atomic E-state index is 13.6. The smallest absolute Gasteiger partial charge is 0.338 e. The van der Waals surface area contributed by atoms with Crippen molar-refractivity contribution >= 4 is 29.2 Å². The molecule has 0 aliphatic carbocycles. The third-order valence-electron chi connectivity index (χ3n) is 4.51. The maximum Gasteiger partial charge on any atom is 0.338 e. The Bertz CT molecular complexity index is 1240. The lowest BCUT2D eigenvalue weighted by Gasteiger charge is -2.12. The van der Waals surface area contributed by atoms with Crippen molar-refractivity contribution in [2.45, 2.75) is 6.54 Å². The van der Waals surface area contributed by atoms with E-state index in [9.17, 15) is 24.1 Å². The molecule has 0 heterocycles. The van der Waals surface area contributed by atoms with Crippen molar-refractivity contribution in [2.24, 2.45) is 0 Å². The molecule has 0 aliphatic rings. The molecule has 34 heavy (non-hydrogen) atoms. The molecule has 0 radical (unpaired) electrons. The Hall–Kier alpha value is -4.18. The second-order valence-electron chi connectivity index (χ2n) is 6.78. The Kier molecular flexibility index (Phi) is 7.99. The van der Waals surface area contributed by atoms with Crippen LogP contribution >= 0.6 is 11.6 Å². The number of nitro groups is 1. The average molecular weight is 489 g/mol. The molecule has 9 nitrogen and oxygen atoms in total. The van der Waals surface area contributed by atoms with Gasteiger partial charge in [0, 0.05) is 23.2 Å². The zero-order chi connectivity index (χ0) is 24.7. The molecular weight excluding hydrogens is 471 g/mol. The molecule has 3 rings (SSSR count).